The van der Waals surface area contributed by atoms with Crippen LogP contribution in [0.2, 0.25) is 0 Å². The van der Waals surface area contributed by atoms with Gasteiger partial charge in [0.05, 0.1) is 5.56 Å². The quantitative estimate of drug-likeness (QED) is 0.851. The van der Waals surface area contributed by atoms with Crippen LogP contribution < -0.4 is 5.73 Å². The molecular weight excluding hydrogens is 261 g/mol. The molecule has 0 unspecified atom stereocenters. The zero-order valence-electron chi connectivity index (χ0n) is 10.3. The summed E-state index contributed by atoms with van der Waals surface area (Å²) >= 11 is 0. The molecule has 2 N–H and O–H groups in total. The van der Waals surface area contributed by atoms with Gasteiger partial charge in [-0.3, -0.25) is 4.79 Å². The number of cyclic esters (lactones) is 1. The Morgan fingerprint density at radius 2 is 1.85 bits per heavy atom. The van der Waals surface area contributed by atoms with E-state index in [1.54, 1.807) is 24.3 Å². The van der Waals surface area contributed by atoms with Crippen LogP contribution in [-0.4, -0.2) is 11.9 Å². The lowest BCUT2D eigenvalue weighted by atomic mass is 9.97. The highest BCUT2D eigenvalue weighted by atomic mass is 19.1. The molecule has 20 heavy (non-hydrogen) atoms. The Bertz CT molecular complexity index is 710. The van der Waals surface area contributed by atoms with E-state index >= 15 is 0 Å². The van der Waals surface area contributed by atoms with Crippen molar-refractivity contribution >= 4 is 11.9 Å². The van der Waals surface area contributed by atoms with Crippen molar-refractivity contribution < 1.29 is 18.7 Å². The molecule has 1 aliphatic rings. The van der Waals surface area contributed by atoms with Crippen LogP contribution in [0.4, 0.5) is 4.39 Å². The lowest BCUT2D eigenvalue weighted by Crippen LogP contribution is -2.11. The van der Waals surface area contributed by atoms with Gasteiger partial charge in [0.15, 0.2) is 6.10 Å². The summed E-state index contributed by atoms with van der Waals surface area (Å²) < 4.78 is 18.2. The summed E-state index contributed by atoms with van der Waals surface area (Å²) in [6.07, 6.45) is -0.583. The Morgan fingerprint density at radius 3 is 2.50 bits per heavy atom. The van der Waals surface area contributed by atoms with E-state index in [0.29, 0.717) is 16.7 Å². The maximum absolute atomic E-state index is 12.9. The highest BCUT2D eigenvalue weighted by Gasteiger charge is 2.32. The Balaban J connectivity index is 2.06. The van der Waals surface area contributed by atoms with Crippen molar-refractivity contribution in [3.63, 3.8) is 0 Å². The fourth-order valence-corrected chi connectivity index (χ4v) is 2.23. The number of primary amides is 1. The van der Waals surface area contributed by atoms with Crippen LogP contribution in [0, 0.1) is 5.82 Å². The van der Waals surface area contributed by atoms with Gasteiger partial charge >= 0.3 is 5.97 Å². The lowest BCUT2D eigenvalue weighted by Gasteiger charge is -2.10. The Labute approximate surface area is 114 Å². The van der Waals surface area contributed by atoms with Gasteiger partial charge in [-0.25, -0.2) is 9.18 Å². The zero-order valence-corrected chi connectivity index (χ0v) is 10.3. The summed E-state index contributed by atoms with van der Waals surface area (Å²) in [7, 11) is 0. The second kappa shape index (κ2) is 4.45. The second-order valence-electron chi connectivity index (χ2n) is 4.50. The Morgan fingerprint density at radius 1 is 1.15 bits per heavy atom. The van der Waals surface area contributed by atoms with Gasteiger partial charge in [-0.15, -0.1) is 0 Å². The van der Waals surface area contributed by atoms with Crippen LogP contribution in [0.25, 0.3) is 0 Å². The van der Waals surface area contributed by atoms with Crippen molar-refractivity contribution in [2.45, 2.75) is 6.10 Å². The number of hydrogen-bond donors (Lipinski definition) is 1. The van der Waals surface area contributed by atoms with Gasteiger partial charge in [-0.1, -0.05) is 18.2 Å². The van der Waals surface area contributed by atoms with Crippen molar-refractivity contribution in [3.8, 4) is 0 Å². The van der Waals surface area contributed by atoms with Crippen molar-refractivity contribution in [1.82, 2.24) is 0 Å². The van der Waals surface area contributed by atoms with E-state index < -0.39 is 18.0 Å². The molecule has 100 valence electrons. The minimum Gasteiger partial charge on any atom is -0.449 e. The number of carbonyl (C=O) groups excluding carboxylic acids is 2. The van der Waals surface area contributed by atoms with Crippen LogP contribution in [0.3, 0.4) is 0 Å². The topological polar surface area (TPSA) is 69.4 Å². The summed E-state index contributed by atoms with van der Waals surface area (Å²) in [6.45, 7) is 0. The van der Waals surface area contributed by atoms with Crippen molar-refractivity contribution in [3.05, 3.63) is 70.5 Å². The van der Waals surface area contributed by atoms with E-state index in [-0.39, 0.29) is 11.4 Å². The summed E-state index contributed by atoms with van der Waals surface area (Å²) in [5.74, 6) is -1.48. The van der Waals surface area contributed by atoms with E-state index in [9.17, 15) is 14.0 Å². The smallest absolute Gasteiger partial charge is 0.339 e. The summed E-state index contributed by atoms with van der Waals surface area (Å²) in [6, 6.07) is 10.3. The fourth-order valence-electron chi connectivity index (χ4n) is 2.23. The third-order valence-electron chi connectivity index (χ3n) is 3.24. The predicted molar refractivity (Wildman–Crippen MR) is 68.6 cm³/mol. The molecule has 0 bridgehead atoms. The van der Waals surface area contributed by atoms with Gasteiger partial charge in [0.1, 0.15) is 5.82 Å². The van der Waals surface area contributed by atoms with Crippen molar-refractivity contribution in [1.29, 1.82) is 0 Å². The first-order valence-corrected chi connectivity index (χ1v) is 5.96. The maximum Gasteiger partial charge on any atom is 0.339 e. The lowest BCUT2D eigenvalue weighted by molar-refractivity contribution is 0.0456. The third-order valence-corrected chi connectivity index (χ3v) is 3.24. The van der Waals surface area contributed by atoms with E-state index in [0.717, 1.165) is 0 Å². The molecule has 4 nitrogen and oxygen atoms in total. The first-order chi connectivity index (χ1) is 9.56. The largest absolute Gasteiger partial charge is 0.449 e. The number of ether oxygens (including phenoxy) is 1. The van der Waals surface area contributed by atoms with Crippen LogP contribution in [0.15, 0.2) is 42.5 Å². The molecule has 0 aliphatic carbocycles. The van der Waals surface area contributed by atoms with Gasteiger partial charge in [-0.2, -0.15) is 0 Å². The maximum atomic E-state index is 12.9. The second-order valence-corrected chi connectivity index (χ2v) is 4.50. The minimum atomic E-state index is -0.606. The average Bonchev–Trinajstić information content (AvgIpc) is 2.76. The van der Waals surface area contributed by atoms with Crippen LogP contribution in [0.1, 0.15) is 37.9 Å². The number of fused-ring (bicyclic) bond motifs is 1. The molecule has 0 fully saturated rings. The fraction of sp³-hybridized carbons (Fsp3) is 0.0667. The van der Waals surface area contributed by atoms with Gasteiger partial charge < -0.3 is 10.5 Å². The van der Waals surface area contributed by atoms with Crippen LogP contribution in [-0.2, 0) is 4.74 Å². The van der Waals surface area contributed by atoms with E-state index in [1.807, 2.05) is 0 Å². The standard InChI is InChI=1S/C15H10FNO3/c16-10-4-1-8(2-5-10)13-11-6-3-9(14(17)18)7-12(11)15(19)20-13/h1-7,13H,(H2,17,18)/t13-/m1/s1. The number of halogens is 1. The molecule has 5 heteroatoms. The molecule has 0 aromatic heterocycles. The molecule has 2 aromatic rings. The average molecular weight is 271 g/mol. The number of carbonyl (C=O) groups is 2. The molecular formula is C15H10FNO3. The van der Waals surface area contributed by atoms with Gasteiger partial charge in [0.25, 0.3) is 0 Å². The van der Waals surface area contributed by atoms with Crippen LogP contribution in [0.5, 0.6) is 0 Å². The first kappa shape index (κ1) is 12.3. The molecule has 0 saturated carbocycles. The number of esters is 1. The number of amides is 1. The number of benzene rings is 2. The predicted octanol–water partition coefficient (Wildman–Crippen LogP) is 2.18. The molecule has 2 aromatic carbocycles. The summed E-state index contributed by atoms with van der Waals surface area (Å²) in [4.78, 5) is 23.0. The van der Waals surface area contributed by atoms with Crippen LogP contribution >= 0.6 is 0 Å². The zero-order chi connectivity index (χ0) is 14.3. The SMILES string of the molecule is NC(=O)c1ccc2c(c1)C(=O)O[C@@H]2c1ccc(F)cc1. The number of nitrogens with two attached hydrogens (primary N) is 1. The first-order valence-electron chi connectivity index (χ1n) is 5.96. The van der Waals surface area contributed by atoms with Gasteiger partial charge in [0.2, 0.25) is 5.91 Å². The van der Waals surface area contributed by atoms with Crippen molar-refractivity contribution in [2.24, 2.45) is 5.73 Å². The number of hydrogen-bond acceptors (Lipinski definition) is 3. The summed E-state index contributed by atoms with van der Waals surface area (Å²) in [5, 5.41) is 0. The Hall–Kier alpha value is -2.69. The molecule has 1 amide bonds. The molecule has 3 rings (SSSR count). The van der Waals surface area contributed by atoms with Crippen molar-refractivity contribution in [2.75, 3.05) is 0 Å². The third kappa shape index (κ3) is 1.93. The molecule has 1 heterocycles. The number of rotatable bonds is 2. The van der Waals surface area contributed by atoms with E-state index in [2.05, 4.69) is 0 Å². The minimum absolute atomic E-state index is 0.250. The normalized spacial score (nSPS) is 16.6. The van der Waals surface area contributed by atoms with E-state index in [1.165, 1.54) is 18.2 Å². The molecule has 0 saturated heterocycles. The van der Waals surface area contributed by atoms with Gasteiger partial charge in [-0.05, 0) is 29.8 Å². The Kier molecular flexibility index (Phi) is 2.75. The van der Waals surface area contributed by atoms with Gasteiger partial charge in [0, 0.05) is 11.1 Å². The van der Waals surface area contributed by atoms with E-state index in [4.69, 9.17) is 10.5 Å². The molecule has 0 radical (unpaired) electrons. The summed E-state index contributed by atoms with van der Waals surface area (Å²) in [5.41, 5.74) is 7.07. The molecule has 1 atom stereocenters. The highest BCUT2D eigenvalue weighted by molar-refractivity contribution is 5.99. The molecule has 0 spiro atoms. The highest BCUT2D eigenvalue weighted by Crippen LogP contribution is 2.36. The molecule has 1 aliphatic heterocycles. The monoisotopic (exact) mass is 271 g/mol.